The number of nitrogens with zero attached hydrogens (tertiary/aromatic N) is 2. The van der Waals surface area contributed by atoms with E-state index in [1.165, 1.54) is 30.5 Å². The Bertz CT molecular complexity index is 940. The molecular formula is C18H19FN4O3S. The Hall–Kier alpha value is -2.36. The molecule has 0 aliphatic carbocycles. The first-order valence-corrected chi connectivity index (χ1v) is 10.2. The number of benzene rings is 1. The number of nitrogens with one attached hydrogen (secondary N) is 2. The van der Waals surface area contributed by atoms with E-state index in [9.17, 15) is 17.9 Å². The summed E-state index contributed by atoms with van der Waals surface area (Å²) in [5, 5.41) is 3.24. The van der Waals surface area contributed by atoms with Crippen molar-refractivity contribution < 1.29 is 17.9 Å². The topological polar surface area (TPSA) is 97.4 Å². The second-order valence-corrected chi connectivity index (χ2v) is 8.63. The number of hydrogen-bond acceptors (Lipinski definition) is 5. The first-order chi connectivity index (χ1) is 12.9. The zero-order chi connectivity index (χ0) is 19.1. The van der Waals surface area contributed by atoms with Crippen LogP contribution in [0.4, 0.5) is 10.2 Å². The Kier molecular flexibility index (Phi) is 4.45. The molecule has 7 nitrogen and oxygen atoms in total. The summed E-state index contributed by atoms with van der Waals surface area (Å²) in [4.78, 5) is 18.6. The minimum Gasteiger partial charge on any atom is -0.593 e. The maximum Gasteiger partial charge on any atom is 0.256 e. The standard InChI is InChI=1S/C18H19FN4O3S/c19-14-6-2-1-5-13(14)17(24)23-10-4-8-18(12-23)11-21-27(25,26)15-7-3-9-20-16(15)22-18/h1-3,5-7,9H,4,8,10-12H2,(H2-,20,21,22,25,26). The lowest BCUT2D eigenvalue weighted by molar-refractivity contribution is 0.0658. The van der Waals surface area contributed by atoms with Crippen molar-refractivity contribution in [2.45, 2.75) is 23.3 Å². The van der Waals surface area contributed by atoms with Crippen LogP contribution < -0.4 is 10.0 Å². The summed E-state index contributed by atoms with van der Waals surface area (Å²) in [6, 6.07) is 8.92. The second kappa shape index (κ2) is 6.66. The summed E-state index contributed by atoms with van der Waals surface area (Å²) in [7, 11) is -3.69. The minimum absolute atomic E-state index is 0.0160. The van der Waals surface area contributed by atoms with Crippen LogP contribution in [0, 0.1) is 5.82 Å². The molecule has 1 amide bonds. The third-order valence-electron chi connectivity index (χ3n) is 5.01. The van der Waals surface area contributed by atoms with Crippen LogP contribution in [0.2, 0.25) is 0 Å². The zero-order valence-electron chi connectivity index (χ0n) is 14.5. The molecule has 2 aliphatic rings. The van der Waals surface area contributed by atoms with Gasteiger partial charge in [0.1, 0.15) is 5.82 Å². The van der Waals surface area contributed by atoms with Gasteiger partial charge >= 0.3 is 0 Å². The average Bonchev–Trinajstić information content (AvgIpc) is 2.77. The van der Waals surface area contributed by atoms with Gasteiger partial charge in [0, 0.05) is 25.4 Å². The van der Waals surface area contributed by atoms with Gasteiger partial charge in [-0.15, -0.1) is 4.72 Å². The predicted octanol–water partition coefficient (Wildman–Crippen LogP) is 1.81. The van der Waals surface area contributed by atoms with Crippen molar-refractivity contribution in [2.75, 3.05) is 25.0 Å². The molecule has 0 saturated carbocycles. The third kappa shape index (κ3) is 3.33. The van der Waals surface area contributed by atoms with Gasteiger partial charge in [0.05, 0.1) is 17.6 Å². The van der Waals surface area contributed by atoms with Crippen LogP contribution in [0.1, 0.15) is 23.2 Å². The van der Waals surface area contributed by atoms with E-state index >= 15 is 0 Å². The summed E-state index contributed by atoms with van der Waals surface area (Å²) >= 11 is 0. The van der Waals surface area contributed by atoms with Crippen LogP contribution in [0.5, 0.6) is 0 Å². The van der Waals surface area contributed by atoms with Gasteiger partial charge in [0.15, 0.2) is 16.2 Å². The smallest absolute Gasteiger partial charge is 0.256 e. The van der Waals surface area contributed by atoms with Crippen molar-refractivity contribution in [1.29, 1.82) is 0 Å². The molecule has 3 heterocycles. The lowest BCUT2D eigenvalue weighted by atomic mass is 9.88. The highest BCUT2D eigenvalue weighted by Gasteiger charge is 2.44. The van der Waals surface area contributed by atoms with Gasteiger partial charge in [-0.2, -0.15) is 0 Å². The van der Waals surface area contributed by atoms with E-state index in [-0.39, 0.29) is 29.4 Å². The van der Waals surface area contributed by atoms with Gasteiger partial charge < -0.3 is 14.8 Å². The summed E-state index contributed by atoms with van der Waals surface area (Å²) in [5.41, 5.74) is -0.687. The van der Waals surface area contributed by atoms with Gasteiger partial charge in [0.25, 0.3) is 5.91 Å². The van der Waals surface area contributed by atoms with E-state index in [1.54, 1.807) is 17.0 Å². The molecule has 0 radical (unpaired) electrons. The largest absolute Gasteiger partial charge is 0.593 e. The molecule has 0 bridgehead atoms. The molecule has 1 fully saturated rings. The van der Waals surface area contributed by atoms with E-state index < -0.39 is 27.7 Å². The summed E-state index contributed by atoms with van der Waals surface area (Å²) in [5.74, 6) is -0.700. The number of carbonyl (C=O) groups is 1. The molecule has 1 saturated heterocycles. The number of carbonyl (C=O) groups excluding carboxylic acids is 1. The highest BCUT2D eigenvalue weighted by atomic mass is 32.3. The molecule has 9 heteroatoms. The normalized spacial score (nSPS) is 27.6. The lowest BCUT2D eigenvalue weighted by Crippen LogP contribution is -2.59. The maximum atomic E-state index is 14.0. The highest BCUT2D eigenvalue weighted by molar-refractivity contribution is 7.96. The van der Waals surface area contributed by atoms with Gasteiger partial charge in [-0.1, -0.05) is 16.3 Å². The van der Waals surface area contributed by atoms with Crippen LogP contribution in [0.3, 0.4) is 0 Å². The van der Waals surface area contributed by atoms with Crippen LogP contribution >= 0.6 is 0 Å². The number of sulfonamides is 1. The summed E-state index contributed by atoms with van der Waals surface area (Å²) in [6.07, 6.45) is 2.84. The number of anilines is 1. The first kappa shape index (κ1) is 18.0. The first-order valence-electron chi connectivity index (χ1n) is 8.67. The quantitative estimate of drug-likeness (QED) is 0.724. The third-order valence-corrected chi connectivity index (χ3v) is 6.45. The number of rotatable bonds is 1. The van der Waals surface area contributed by atoms with Gasteiger partial charge in [0.2, 0.25) is 4.90 Å². The molecule has 2 N–H and O–H groups in total. The van der Waals surface area contributed by atoms with Crippen molar-refractivity contribution in [3.8, 4) is 0 Å². The molecule has 2 unspecified atom stereocenters. The van der Waals surface area contributed by atoms with E-state index in [4.69, 9.17) is 0 Å². The predicted molar refractivity (Wildman–Crippen MR) is 97.2 cm³/mol. The fourth-order valence-electron chi connectivity index (χ4n) is 3.66. The minimum atomic E-state index is -3.69. The Labute approximate surface area is 157 Å². The van der Waals surface area contributed by atoms with Crippen molar-refractivity contribution in [1.82, 2.24) is 14.6 Å². The Morgan fingerprint density at radius 1 is 1.30 bits per heavy atom. The number of likely N-dealkylation sites (tertiary alicyclic amines) is 1. The second-order valence-electron chi connectivity index (χ2n) is 6.89. The lowest BCUT2D eigenvalue weighted by Gasteiger charge is -2.42. The van der Waals surface area contributed by atoms with Crippen molar-refractivity contribution in [3.63, 3.8) is 0 Å². The molecule has 27 heavy (non-hydrogen) atoms. The van der Waals surface area contributed by atoms with Gasteiger partial charge in [-0.3, -0.25) is 4.79 Å². The molecule has 1 aromatic carbocycles. The number of amides is 1. The van der Waals surface area contributed by atoms with E-state index in [2.05, 4.69) is 15.0 Å². The number of halogens is 1. The number of piperidine rings is 1. The average molecular weight is 390 g/mol. The number of fused-ring (bicyclic) bond motifs is 1. The molecule has 2 aromatic rings. The summed E-state index contributed by atoms with van der Waals surface area (Å²) < 4.78 is 41.6. The molecule has 2 aliphatic heterocycles. The fraction of sp³-hybridized carbons (Fsp3) is 0.333. The van der Waals surface area contributed by atoms with E-state index in [1.807, 2.05) is 0 Å². The van der Waals surface area contributed by atoms with Crippen molar-refractivity contribution >= 4 is 22.1 Å². The Morgan fingerprint density at radius 3 is 2.93 bits per heavy atom. The van der Waals surface area contributed by atoms with Crippen LogP contribution in [0.15, 0.2) is 47.5 Å². The van der Waals surface area contributed by atoms with Crippen LogP contribution in [0.25, 0.3) is 0 Å². The number of hydrogen-bond donors (Lipinski definition) is 2. The molecule has 4 rings (SSSR count). The zero-order valence-corrected chi connectivity index (χ0v) is 15.3. The van der Waals surface area contributed by atoms with Crippen LogP contribution in [-0.4, -0.2) is 45.5 Å². The molecular weight excluding hydrogens is 371 g/mol. The molecule has 1 spiro atoms. The number of aromatic nitrogens is 1. The summed E-state index contributed by atoms with van der Waals surface area (Å²) in [6.45, 7) is 0.851. The van der Waals surface area contributed by atoms with Crippen molar-refractivity contribution in [3.05, 3.63) is 54.0 Å². The van der Waals surface area contributed by atoms with Crippen LogP contribution in [-0.2, 0) is 14.6 Å². The molecule has 142 valence electrons. The molecule has 2 atom stereocenters. The SMILES string of the molecule is O=C(c1ccccc1F)N1CCCC2(CN[S+](=O)([O-])c3cccnc3N2)C1. The monoisotopic (exact) mass is 390 g/mol. The highest BCUT2D eigenvalue weighted by Crippen LogP contribution is 2.33. The Balaban J connectivity index is 1.64. The van der Waals surface area contributed by atoms with Gasteiger partial charge in [-0.05, 0) is 31.0 Å². The fourth-order valence-corrected chi connectivity index (χ4v) is 4.90. The van der Waals surface area contributed by atoms with E-state index in [0.29, 0.717) is 19.4 Å². The maximum absolute atomic E-state index is 14.0. The number of pyridine rings is 1. The van der Waals surface area contributed by atoms with E-state index in [0.717, 1.165) is 0 Å². The molecule has 1 aromatic heterocycles. The Morgan fingerprint density at radius 2 is 2.11 bits per heavy atom. The van der Waals surface area contributed by atoms with Gasteiger partial charge in [-0.25, -0.2) is 9.37 Å². The van der Waals surface area contributed by atoms with Crippen molar-refractivity contribution in [2.24, 2.45) is 0 Å².